The average molecular weight is 302 g/mol. The number of nitrogens with one attached hydrogen (secondary N) is 1. The van der Waals surface area contributed by atoms with E-state index in [0.29, 0.717) is 19.8 Å². The number of hydrogen-bond acceptors (Lipinski definition) is 4. The Bertz CT molecular complexity index is 638. The molecule has 0 saturated carbocycles. The standard InChI is InChI=1S/C17H22N2O3/c20-16(14-2-1-13-3-6-18-15(13)11-14)12-19-7-4-17(5-8-19)21-9-10-22-17/h1-3,6,11,16,18,20H,4-5,7-10,12H2. The molecule has 0 amide bonds. The Morgan fingerprint density at radius 3 is 2.73 bits per heavy atom. The molecule has 2 aliphatic rings. The van der Waals surface area contributed by atoms with Crippen molar-refractivity contribution in [3.05, 3.63) is 36.0 Å². The van der Waals surface area contributed by atoms with Crippen molar-refractivity contribution in [1.29, 1.82) is 0 Å². The molecule has 2 aromatic rings. The van der Waals surface area contributed by atoms with Crippen LogP contribution in [-0.4, -0.2) is 53.6 Å². The average Bonchev–Trinajstić information content (AvgIpc) is 3.18. The summed E-state index contributed by atoms with van der Waals surface area (Å²) >= 11 is 0. The molecule has 5 heteroatoms. The van der Waals surface area contributed by atoms with Gasteiger partial charge in [0.1, 0.15) is 0 Å². The molecule has 4 rings (SSSR count). The van der Waals surface area contributed by atoms with Crippen LogP contribution in [0.2, 0.25) is 0 Å². The van der Waals surface area contributed by atoms with Crippen molar-refractivity contribution >= 4 is 10.9 Å². The highest BCUT2D eigenvalue weighted by molar-refractivity contribution is 5.79. The Morgan fingerprint density at radius 2 is 1.95 bits per heavy atom. The first-order valence-corrected chi connectivity index (χ1v) is 8.00. The first-order chi connectivity index (χ1) is 10.7. The second-order valence-corrected chi connectivity index (χ2v) is 6.25. The molecular weight excluding hydrogens is 280 g/mol. The van der Waals surface area contributed by atoms with Gasteiger partial charge >= 0.3 is 0 Å². The van der Waals surface area contributed by atoms with Crippen LogP contribution in [0.25, 0.3) is 10.9 Å². The molecule has 0 bridgehead atoms. The molecule has 1 aromatic carbocycles. The van der Waals surface area contributed by atoms with Crippen LogP contribution in [0.3, 0.4) is 0 Å². The summed E-state index contributed by atoms with van der Waals surface area (Å²) in [4.78, 5) is 5.49. The number of aliphatic hydroxyl groups is 1. The van der Waals surface area contributed by atoms with Gasteiger partial charge in [0.05, 0.1) is 19.3 Å². The summed E-state index contributed by atoms with van der Waals surface area (Å²) in [5.41, 5.74) is 2.03. The van der Waals surface area contributed by atoms with Gasteiger partial charge in [0.15, 0.2) is 5.79 Å². The summed E-state index contributed by atoms with van der Waals surface area (Å²) in [5, 5.41) is 11.7. The lowest BCUT2D eigenvalue weighted by atomic mass is 10.0. The monoisotopic (exact) mass is 302 g/mol. The van der Waals surface area contributed by atoms with Crippen molar-refractivity contribution in [3.8, 4) is 0 Å². The Morgan fingerprint density at radius 1 is 1.18 bits per heavy atom. The summed E-state index contributed by atoms with van der Waals surface area (Å²) in [6.45, 7) is 3.88. The first-order valence-electron chi connectivity index (χ1n) is 8.00. The lowest BCUT2D eigenvalue weighted by Crippen LogP contribution is -2.46. The molecule has 118 valence electrons. The number of H-pyrrole nitrogens is 1. The number of nitrogens with zero attached hydrogens (tertiary/aromatic N) is 1. The molecule has 2 fully saturated rings. The van der Waals surface area contributed by atoms with E-state index < -0.39 is 6.10 Å². The third-order valence-electron chi connectivity index (χ3n) is 4.83. The number of β-amino-alcohol motifs (C(OH)–C–C–N with tert-alkyl or cyclic N) is 1. The van der Waals surface area contributed by atoms with Crippen LogP contribution in [-0.2, 0) is 9.47 Å². The Hall–Kier alpha value is -1.40. The zero-order valence-corrected chi connectivity index (χ0v) is 12.6. The van der Waals surface area contributed by atoms with Gasteiger partial charge in [-0.15, -0.1) is 0 Å². The molecule has 3 heterocycles. The van der Waals surface area contributed by atoms with Crippen molar-refractivity contribution in [1.82, 2.24) is 9.88 Å². The number of piperidine rings is 1. The minimum absolute atomic E-state index is 0.343. The second-order valence-electron chi connectivity index (χ2n) is 6.25. The highest BCUT2D eigenvalue weighted by Gasteiger charge is 2.39. The van der Waals surface area contributed by atoms with Crippen LogP contribution in [0.4, 0.5) is 0 Å². The number of aromatic nitrogens is 1. The molecule has 2 aliphatic heterocycles. The van der Waals surface area contributed by atoms with E-state index in [1.165, 1.54) is 5.39 Å². The fourth-order valence-electron chi connectivity index (χ4n) is 3.48. The van der Waals surface area contributed by atoms with E-state index in [4.69, 9.17) is 9.47 Å². The number of aliphatic hydroxyl groups excluding tert-OH is 1. The molecule has 1 aromatic heterocycles. The van der Waals surface area contributed by atoms with Crippen LogP contribution in [0, 0.1) is 0 Å². The molecule has 22 heavy (non-hydrogen) atoms. The third kappa shape index (κ3) is 2.65. The molecule has 1 unspecified atom stereocenters. The van der Waals surface area contributed by atoms with Crippen molar-refractivity contribution in [2.75, 3.05) is 32.8 Å². The molecule has 2 saturated heterocycles. The number of aromatic amines is 1. The topological polar surface area (TPSA) is 57.7 Å². The van der Waals surface area contributed by atoms with E-state index >= 15 is 0 Å². The molecule has 2 N–H and O–H groups in total. The zero-order chi connectivity index (χ0) is 15.0. The summed E-state index contributed by atoms with van der Waals surface area (Å²) < 4.78 is 11.5. The Balaban J connectivity index is 1.38. The lowest BCUT2D eigenvalue weighted by Gasteiger charge is -2.38. The maximum absolute atomic E-state index is 10.5. The predicted octanol–water partition coefficient (Wildman–Crippen LogP) is 2.04. The summed E-state index contributed by atoms with van der Waals surface area (Å²) in [6.07, 6.45) is 3.23. The highest BCUT2D eigenvalue weighted by Crippen LogP contribution is 2.32. The molecule has 1 atom stereocenters. The van der Waals surface area contributed by atoms with E-state index in [1.807, 2.05) is 24.4 Å². The maximum Gasteiger partial charge on any atom is 0.170 e. The van der Waals surface area contributed by atoms with E-state index in [9.17, 15) is 5.11 Å². The van der Waals surface area contributed by atoms with Gasteiger partial charge in [-0.3, -0.25) is 0 Å². The molecule has 1 spiro atoms. The molecular formula is C17H22N2O3. The number of fused-ring (bicyclic) bond motifs is 1. The SMILES string of the molecule is OC(CN1CCC2(CC1)OCCO2)c1ccc2cc[nH]c2c1. The summed E-state index contributed by atoms with van der Waals surface area (Å²) in [5.74, 6) is -0.343. The van der Waals surface area contributed by atoms with Gasteiger partial charge in [0, 0.05) is 44.2 Å². The second kappa shape index (κ2) is 5.66. The van der Waals surface area contributed by atoms with E-state index in [1.54, 1.807) is 0 Å². The number of hydrogen-bond donors (Lipinski definition) is 2. The first kappa shape index (κ1) is 14.2. The smallest absolute Gasteiger partial charge is 0.170 e. The fourth-order valence-corrected chi connectivity index (χ4v) is 3.48. The van der Waals surface area contributed by atoms with Crippen LogP contribution in [0.5, 0.6) is 0 Å². The van der Waals surface area contributed by atoms with Crippen molar-refractivity contribution in [2.45, 2.75) is 24.7 Å². The van der Waals surface area contributed by atoms with E-state index in [2.05, 4.69) is 16.0 Å². The predicted molar refractivity (Wildman–Crippen MR) is 83.6 cm³/mol. The van der Waals surface area contributed by atoms with E-state index in [-0.39, 0.29) is 5.79 Å². The van der Waals surface area contributed by atoms with Crippen LogP contribution < -0.4 is 0 Å². The lowest BCUT2D eigenvalue weighted by molar-refractivity contribution is -0.186. The highest BCUT2D eigenvalue weighted by atomic mass is 16.7. The Kier molecular flexibility index (Phi) is 3.66. The molecule has 0 radical (unpaired) electrons. The maximum atomic E-state index is 10.5. The zero-order valence-electron chi connectivity index (χ0n) is 12.6. The van der Waals surface area contributed by atoms with Gasteiger partial charge in [-0.05, 0) is 23.1 Å². The number of ether oxygens (including phenoxy) is 2. The van der Waals surface area contributed by atoms with Gasteiger partial charge in [-0.25, -0.2) is 0 Å². The van der Waals surface area contributed by atoms with Gasteiger partial charge in [0.25, 0.3) is 0 Å². The number of rotatable bonds is 3. The number of likely N-dealkylation sites (tertiary alicyclic amines) is 1. The van der Waals surface area contributed by atoms with Crippen LogP contribution in [0.15, 0.2) is 30.5 Å². The third-order valence-corrected chi connectivity index (χ3v) is 4.83. The van der Waals surface area contributed by atoms with Crippen molar-refractivity contribution < 1.29 is 14.6 Å². The van der Waals surface area contributed by atoms with Gasteiger partial charge < -0.3 is 24.5 Å². The number of benzene rings is 1. The largest absolute Gasteiger partial charge is 0.387 e. The normalized spacial score (nSPS) is 23.3. The van der Waals surface area contributed by atoms with Crippen LogP contribution >= 0.6 is 0 Å². The minimum Gasteiger partial charge on any atom is -0.387 e. The van der Waals surface area contributed by atoms with Crippen molar-refractivity contribution in [2.24, 2.45) is 0 Å². The minimum atomic E-state index is -0.466. The van der Waals surface area contributed by atoms with Gasteiger partial charge in [0.2, 0.25) is 0 Å². The molecule has 5 nitrogen and oxygen atoms in total. The molecule has 0 aliphatic carbocycles. The van der Waals surface area contributed by atoms with Gasteiger partial charge in [-0.2, -0.15) is 0 Å². The summed E-state index contributed by atoms with van der Waals surface area (Å²) in [7, 11) is 0. The van der Waals surface area contributed by atoms with Gasteiger partial charge in [-0.1, -0.05) is 12.1 Å². The quantitative estimate of drug-likeness (QED) is 0.911. The van der Waals surface area contributed by atoms with E-state index in [0.717, 1.165) is 37.0 Å². The Labute approximate surface area is 129 Å². The fraction of sp³-hybridized carbons (Fsp3) is 0.529. The summed E-state index contributed by atoms with van der Waals surface area (Å²) in [6, 6.07) is 8.14. The van der Waals surface area contributed by atoms with Crippen molar-refractivity contribution in [3.63, 3.8) is 0 Å². The van der Waals surface area contributed by atoms with Crippen LogP contribution in [0.1, 0.15) is 24.5 Å².